The number of rotatable bonds is 16. The molecule has 0 saturated carbocycles. The maximum absolute atomic E-state index is 12.3. The van der Waals surface area contributed by atoms with Crippen molar-refractivity contribution in [1.29, 1.82) is 0 Å². The number of nitrogens with zero attached hydrogens (tertiary/aromatic N) is 4. The molecule has 0 aliphatic rings. The van der Waals surface area contributed by atoms with Crippen LogP contribution in [0.1, 0.15) is 65.6 Å². The highest BCUT2D eigenvalue weighted by Crippen LogP contribution is 2.25. The van der Waals surface area contributed by atoms with Gasteiger partial charge in [0.05, 0.1) is 42.6 Å². The molecule has 6 rings (SSSR count). The number of hydrogen-bond donors (Lipinski definition) is 5. The Morgan fingerprint density at radius 1 is 0.581 bits per heavy atom. The Morgan fingerprint density at radius 3 is 1.65 bits per heavy atom. The Labute approximate surface area is 381 Å². The number of carbonyl (C=O) groups is 3. The number of nitrogens with one attached hydrogen (secondary N) is 5. The number of hydrogen-bond acceptors (Lipinski definition) is 9. The second-order valence-electron chi connectivity index (χ2n) is 12.8. The molecule has 2 heterocycles. The number of aromatic nitrogens is 4. The van der Waals surface area contributed by atoms with Crippen LogP contribution in [0, 0.1) is 0 Å². The van der Waals surface area contributed by atoms with Crippen molar-refractivity contribution in [2.75, 3.05) is 42.1 Å². The number of anilines is 3. The molecule has 0 aliphatic carbocycles. The summed E-state index contributed by atoms with van der Waals surface area (Å²) >= 11 is 24.2. The fraction of sp³-hybridized carbons (Fsp3) is 0.196. The minimum atomic E-state index is -0.312. The van der Waals surface area contributed by atoms with Crippen molar-refractivity contribution in [2.24, 2.45) is 0 Å². The third kappa shape index (κ3) is 16.1. The summed E-state index contributed by atoms with van der Waals surface area (Å²) in [6.45, 7) is 7.55. The Kier molecular flexibility index (Phi) is 20.6. The molecule has 0 unspecified atom stereocenters. The summed E-state index contributed by atoms with van der Waals surface area (Å²) in [7, 11) is 0. The van der Waals surface area contributed by atoms with Crippen LogP contribution in [0.15, 0.2) is 116 Å². The Morgan fingerprint density at radius 2 is 1.10 bits per heavy atom. The van der Waals surface area contributed by atoms with Gasteiger partial charge in [-0.25, -0.2) is 19.9 Å². The van der Waals surface area contributed by atoms with Crippen molar-refractivity contribution in [1.82, 2.24) is 30.6 Å². The fourth-order valence-corrected chi connectivity index (χ4v) is 6.59. The van der Waals surface area contributed by atoms with E-state index in [0.717, 1.165) is 22.5 Å². The van der Waals surface area contributed by atoms with Crippen molar-refractivity contribution in [3.05, 3.63) is 158 Å². The zero-order valence-corrected chi connectivity index (χ0v) is 37.4. The van der Waals surface area contributed by atoms with E-state index in [9.17, 15) is 14.4 Å². The molecular weight excluding hydrogens is 868 g/mol. The van der Waals surface area contributed by atoms with Gasteiger partial charge in [0.25, 0.3) is 11.8 Å². The monoisotopic (exact) mass is 913 g/mol. The van der Waals surface area contributed by atoms with Gasteiger partial charge in [-0.15, -0.1) is 0 Å². The number of carbonyl (C=O) groups excluding carboxylic acids is 3. The zero-order valence-electron chi connectivity index (χ0n) is 34.4. The molecule has 62 heavy (non-hydrogen) atoms. The lowest BCUT2D eigenvalue weighted by atomic mass is 10.1. The van der Waals surface area contributed by atoms with Crippen molar-refractivity contribution < 1.29 is 14.4 Å². The normalized spacial score (nSPS) is 10.4. The molecular formula is C46H47Cl4N9O3. The number of halogens is 4. The van der Waals surface area contributed by atoms with Crippen molar-refractivity contribution in [2.45, 2.75) is 33.6 Å². The van der Waals surface area contributed by atoms with Gasteiger partial charge in [-0.2, -0.15) is 0 Å². The zero-order chi connectivity index (χ0) is 44.7. The molecule has 2 aromatic heterocycles. The minimum absolute atomic E-state index is 0.133. The van der Waals surface area contributed by atoms with Gasteiger partial charge >= 0.3 is 0 Å². The number of benzene rings is 4. The van der Waals surface area contributed by atoms with E-state index in [2.05, 4.69) is 46.5 Å². The summed E-state index contributed by atoms with van der Waals surface area (Å²) in [4.78, 5) is 53.2. The van der Waals surface area contributed by atoms with E-state index < -0.39 is 0 Å². The topological polar surface area (TPSA) is 163 Å². The second kappa shape index (κ2) is 26.3. The van der Waals surface area contributed by atoms with Gasteiger partial charge in [-0.05, 0) is 73.0 Å². The molecule has 0 saturated heterocycles. The molecule has 0 fully saturated rings. The average Bonchev–Trinajstić information content (AvgIpc) is 3.27. The van der Waals surface area contributed by atoms with Gasteiger partial charge in [0.2, 0.25) is 17.8 Å². The highest BCUT2D eigenvalue weighted by atomic mass is 35.5. The summed E-state index contributed by atoms with van der Waals surface area (Å²) < 4.78 is 0. The van der Waals surface area contributed by atoms with Gasteiger partial charge in [0, 0.05) is 56.7 Å². The molecule has 0 aliphatic heterocycles. The van der Waals surface area contributed by atoms with Gasteiger partial charge in [-0.1, -0.05) is 121 Å². The molecule has 5 N–H and O–H groups in total. The van der Waals surface area contributed by atoms with Crippen LogP contribution in [0.4, 0.5) is 17.6 Å². The van der Waals surface area contributed by atoms with Gasteiger partial charge in [-0.3, -0.25) is 14.4 Å². The largest absolute Gasteiger partial charge is 0.354 e. The summed E-state index contributed by atoms with van der Waals surface area (Å²) in [6, 6.07) is 31.0. The minimum Gasteiger partial charge on any atom is -0.354 e. The van der Waals surface area contributed by atoms with E-state index in [1.807, 2.05) is 86.7 Å². The molecule has 3 amide bonds. The quantitative estimate of drug-likeness (QED) is 0.0595. The van der Waals surface area contributed by atoms with E-state index in [4.69, 9.17) is 46.4 Å². The van der Waals surface area contributed by atoms with E-state index >= 15 is 0 Å². The molecule has 4 aromatic carbocycles. The maximum atomic E-state index is 12.3. The van der Waals surface area contributed by atoms with Crippen LogP contribution in [0.2, 0.25) is 20.1 Å². The molecule has 0 spiro atoms. The van der Waals surface area contributed by atoms with Gasteiger partial charge in [0.1, 0.15) is 0 Å². The van der Waals surface area contributed by atoms with Gasteiger partial charge in [0.15, 0.2) is 0 Å². The number of amides is 3. The van der Waals surface area contributed by atoms with Crippen LogP contribution < -0.4 is 26.6 Å². The lowest BCUT2D eigenvalue weighted by Crippen LogP contribution is -2.26. The van der Waals surface area contributed by atoms with Crippen LogP contribution in [-0.4, -0.2) is 63.8 Å². The lowest BCUT2D eigenvalue weighted by Gasteiger charge is -2.10. The van der Waals surface area contributed by atoms with E-state index in [-0.39, 0.29) is 23.3 Å². The molecule has 322 valence electrons. The summed E-state index contributed by atoms with van der Waals surface area (Å²) in [5.74, 6) is 0.285. The molecule has 6 aromatic rings. The van der Waals surface area contributed by atoms with E-state index in [0.29, 0.717) is 82.3 Å². The predicted octanol–water partition coefficient (Wildman–Crippen LogP) is 10.9. The summed E-state index contributed by atoms with van der Waals surface area (Å²) in [5, 5.41) is 16.0. The first kappa shape index (κ1) is 48.6. The van der Waals surface area contributed by atoms with Crippen LogP contribution >= 0.6 is 46.4 Å². The van der Waals surface area contributed by atoms with Crippen LogP contribution in [0.3, 0.4) is 0 Å². The van der Waals surface area contributed by atoms with Crippen molar-refractivity contribution in [3.63, 3.8) is 0 Å². The van der Waals surface area contributed by atoms with Gasteiger partial charge < -0.3 is 26.6 Å². The molecule has 12 nitrogen and oxygen atoms in total. The Hall–Kier alpha value is -6.05. The average molecular weight is 916 g/mol. The van der Waals surface area contributed by atoms with E-state index in [1.165, 1.54) is 6.92 Å². The SMILES string of the molecule is CC.CC(=O)Nc1cccc(-c2ccnc(NCCCNC(=O)c3c(Cl)cccc3Cl)n2)c1.O=C(NCCCNc1nccc(/C=C/c2ccccc2)n1)c1c(Cl)cccc1Cl. The fourth-order valence-electron chi connectivity index (χ4n) is 5.45. The highest BCUT2D eigenvalue weighted by Gasteiger charge is 2.15. The third-order valence-corrected chi connectivity index (χ3v) is 9.54. The molecule has 0 radical (unpaired) electrons. The summed E-state index contributed by atoms with van der Waals surface area (Å²) in [5.41, 5.74) is 4.78. The van der Waals surface area contributed by atoms with Crippen molar-refractivity contribution in [3.8, 4) is 11.3 Å². The smallest absolute Gasteiger partial charge is 0.254 e. The maximum Gasteiger partial charge on any atom is 0.254 e. The first-order valence-corrected chi connectivity index (χ1v) is 21.3. The first-order chi connectivity index (χ1) is 30.1. The van der Waals surface area contributed by atoms with Crippen LogP contribution in [-0.2, 0) is 4.79 Å². The Bertz CT molecular complexity index is 2380. The highest BCUT2D eigenvalue weighted by molar-refractivity contribution is 6.40. The Balaban J connectivity index is 0.000000263. The molecule has 0 bridgehead atoms. The predicted molar refractivity (Wildman–Crippen MR) is 254 cm³/mol. The first-order valence-electron chi connectivity index (χ1n) is 19.8. The standard InChI is InChI=1S/C22H21Cl2N5O2.C22H20Cl2N4O.C2H6/c1-14(30)28-16-6-2-5-15(13-16)19-9-12-27-22(29-19)26-11-4-10-25-21(31)20-17(23)7-3-8-18(20)24;23-18-8-4-9-19(24)20(18)21(29)25-13-5-14-26-22-27-15-12-17(28-22)11-10-16-6-2-1-3-7-16;1-2/h2-3,5-9,12-13H,4,10-11H2,1H3,(H,25,31)(H,28,30)(H,26,27,29);1-4,6-12,15H,5,13-14H2,(H,25,29)(H,26,27,28);1-2H3/b;11-10+;. The van der Waals surface area contributed by atoms with E-state index in [1.54, 1.807) is 54.9 Å². The lowest BCUT2D eigenvalue weighted by molar-refractivity contribution is -0.114. The third-order valence-electron chi connectivity index (χ3n) is 8.28. The molecule has 16 heteroatoms. The molecule has 0 atom stereocenters. The van der Waals surface area contributed by atoms with Crippen LogP contribution in [0.5, 0.6) is 0 Å². The summed E-state index contributed by atoms with van der Waals surface area (Å²) in [6.07, 6.45) is 8.66. The van der Waals surface area contributed by atoms with Crippen LogP contribution in [0.25, 0.3) is 23.4 Å². The van der Waals surface area contributed by atoms with Crippen molar-refractivity contribution >= 4 is 93.9 Å². The second-order valence-corrected chi connectivity index (χ2v) is 14.5.